The molecule has 21 heavy (non-hydrogen) atoms. The number of methoxy groups -OCH3 is 2. The Labute approximate surface area is 124 Å². The van der Waals surface area contributed by atoms with Gasteiger partial charge < -0.3 is 25.4 Å². The minimum atomic E-state index is -0.397. The third-order valence-corrected chi connectivity index (χ3v) is 2.65. The average molecular weight is 295 g/mol. The van der Waals surface area contributed by atoms with Crippen molar-refractivity contribution in [2.75, 3.05) is 33.9 Å². The Kier molecular flexibility index (Phi) is 7.67. The summed E-state index contributed by atoms with van der Waals surface area (Å²) in [7, 11) is 3.15. The molecule has 0 fully saturated rings. The molecule has 1 aromatic rings. The van der Waals surface area contributed by atoms with Gasteiger partial charge in [0.2, 0.25) is 5.91 Å². The molecule has 0 saturated carbocycles. The summed E-state index contributed by atoms with van der Waals surface area (Å²) < 4.78 is 9.84. The van der Waals surface area contributed by atoms with Crippen molar-refractivity contribution in [3.63, 3.8) is 0 Å². The van der Waals surface area contributed by atoms with Crippen molar-refractivity contribution < 1.29 is 19.1 Å². The fraction of sp³-hybridized carbons (Fsp3) is 0.429. The molecular weight excluding hydrogens is 274 g/mol. The third-order valence-electron chi connectivity index (χ3n) is 2.65. The van der Waals surface area contributed by atoms with Crippen LogP contribution in [0.1, 0.15) is 5.56 Å². The highest BCUT2D eigenvalue weighted by Gasteiger charge is 2.04. The van der Waals surface area contributed by atoms with E-state index in [0.717, 1.165) is 11.3 Å². The zero-order valence-electron chi connectivity index (χ0n) is 12.3. The number of carbonyl (C=O) groups is 2. The molecule has 1 rings (SSSR count). The summed E-state index contributed by atoms with van der Waals surface area (Å²) in [6.45, 7) is 1.15. The molecule has 0 aliphatic carbocycles. The topological polar surface area (TPSA) is 88.7 Å². The smallest absolute Gasteiger partial charge is 0.315 e. The number of nitrogens with one attached hydrogen (secondary N) is 3. The minimum absolute atomic E-state index is 0.0744. The first kappa shape index (κ1) is 16.8. The van der Waals surface area contributed by atoms with E-state index in [1.54, 1.807) is 14.2 Å². The van der Waals surface area contributed by atoms with Crippen LogP contribution in [0.2, 0.25) is 0 Å². The number of urea groups is 1. The highest BCUT2D eigenvalue weighted by molar-refractivity contribution is 5.83. The van der Waals surface area contributed by atoms with E-state index in [1.807, 2.05) is 24.3 Å². The SMILES string of the molecule is COCCNC(=O)NCC(=O)NCc1ccc(OC)cc1. The summed E-state index contributed by atoms with van der Waals surface area (Å²) in [6.07, 6.45) is 0. The highest BCUT2D eigenvalue weighted by atomic mass is 16.5. The van der Waals surface area contributed by atoms with Crippen molar-refractivity contribution in [2.45, 2.75) is 6.54 Å². The summed E-state index contributed by atoms with van der Waals surface area (Å²) in [5, 5.41) is 7.73. The number of amides is 3. The van der Waals surface area contributed by atoms with Gasteiger partial charge in [0, 0.05) is 20.2 Å². The van der Waals surface area contributed by atoms with Gasteiger partial charge in [-0.2, -0.15) is 0 Å². The maximum Gasteiger partial charge on any atom is 0.315 e. The van der Waals surface area contributed by atoms with E-state index in [0.29, 0.717) is 19.7 Å². The van der Waals surface area contributed by atoms with E-state index >= 15 is 0 Å². The third kappa shape index (κ3) is 7.17. The molecule has 0 heterocycles. The Hall–Kier alpha value is -2.28. The van der Waals surface area contributed by atoms with Crippen LogP contribution in [0, 0.1) is 0 Å². The second-order valence-electron chi connectivity index (χ2n) is 4.23. The zero-order chi connectivity index (χ0) is 15.5. The molecule has 0 unspecified atom stereocenters. The predicted molar refractivity (Wildman–Crippen MR) is 78.1 cm³/mol. The maximum absolute atomic E-state index is 11.6. The average Bonchev–Trinajstić information content (AvgIpc) is 2.51. The van der Waals surface area contributed by atoms with Gasteiger partial charge >= 0.3 is 6.03 Å². The van der Waals surface area contributed by atoms with Crippen LogP contribution >= 0.6 is 0 Å². The fourth-order valence-corrected chi connectivity index (χ4v) is 1.50. The molecule has 0 aromatic heterocycles. The molecular formula is C14H21N3O4. The molecule has 7 heteroatoms. The molecule has 0 radical (unpaired) electrons. The normalized spacial score (nSPS) is 9.81. The Bertz CT molecular complexity index is 448. The minimum Gasteiger partial charge on any atom is -0.497 e. The monoisotopic (exact) mass is 295 g/mol. The first-order valence-electron chi connectivity index (χ1n) is 6.56. The van der Waals surface area contributed by atoms with Crippen LogP contribution in [-0.4, -0.2) is 45.9 Å². The second-order valence-corrected chi connectivity index (χ2v) is 4.23. The van der Waals surface area contributed by atoms with Crippen LogP contribution in [0.3, 0.4) is 0 Å². The molecule has 0 aliphatic rings. The van der Waals surface area contributed by atoms with Crippen LogP contribution in [-0.2, 0) is 16.1 Å². The molecule has 0 spiro atoms. The van der Waals surface area contributed by atoms with Crippen LogP contribution < -0.4 is 20.7 Å². The first-order chi connectivity index (χ1) is 10.2. The predicted octanol–water partition coefficient (Wildman–Crippen LogP) is 0.257. The van der Waals surface area contributed by atoms with Crippen molar-refractivity contribution >= 4 is 11.9 Å². The summed E-state index contributed by atoms with van der Waals surface area (Å²) in [4.78, 5) is 22.9. The van der Waals surface area contributed by atoms with E-state index < -0.39 is 6.03 Å². The van der Waals surface area contributed by atoms with Gasteiger partial charge in [-0.1, -0.05) is 12.1 Å². The summed E-state index contributed by atoms with van der Waals surface area (Å²) in [6, 6.07) is 6.98. The van der Waals surface area contributed by atoms with E-state index in [2.05, 4.69) is 16.0 Å². The largest absolute Gasteiger partial charge is 0.497 e. The molecule has 0 aliphatic heterocycles. The molecule has 3 amide bonds. The Balaban J connectivity index is 2.19. The molecule has 3 N–H and O–H groups in total. The molecule has 116 valence electrons. The lowest BCUT2D eigenvalue weighted by molar-refractivity contribution is -0.120. The van der Waals surface area contributed by atoms with E-state index in [9.17, 15) is 9.59 Å². The summed E-state index contributed by atoms with van der Waals surface area (Å²) in [5.74, 6) is 0.507. The van der Waals surface area contributed by atoms with Gasteiger partial charge in [0.15, 0.2) is 0 Å². The van der Waals surface area contributed by atoms with Crippen molar-refractivity contribution in [1.82, 2.24) is 16.0 Å². The van der Waals surface area contributed by atoms with Crippen LogP contribution in [0.25, 0.3) is 0 Å². The lowest BCUT2D eigenvalue weighted by Gasteiger charge is -2.08. The molecule has 0 atom stereocenters. The van der Waals surface area contributed by atoms with E-state index in [-0.39, 0.29) is 12.5 Å². The molecule has 7 nitrogen and oxygen atoms in total. The van der Waals surface area contributed by atoms with Crippen LogP contribution in [0.4, 0.5) is 4.79 Å². The second kappa shape index (κ2) is 9.60. The number of ether oxygens (including phenoxy) is 2. The number of rotatable bonds is 8. The standard InChI is InChI=1S/C14H21N3O4/c1-20-8-7-15-14(19)17-10-13(18)16-9-11-3-5-12(21-2)6-4-11/h3-6H,7-10H2,1-2H3,(H,16,18)(H2,15,17,19). The van der Waals surface area contributed by atoms with E-state index in [1.165, 1.54) is 0 Å². The van der Waals surface area contributed by atoms with Gasteiger partial charge in [0.05, 0.1) is 20.3 Å². The molecule has 0 saturated heterocycles. The van der Waals surface area contributed by atoms with Crippen molar-refractivity contribution in [3.05, 3.63) is 29.8 Å². The summed E-state index contributed by atoms with van der Waals surface area (Å²) in [5.41, 5.74) is 0.952. The van der Waals surface area contributed by atoms with Gasteiger partial charge in [-0.25, -0.2) is 4.79 Å². The Morgan fingerprint density at radius 1 is 1.05 bits per heavy atom. The quantitative estimate of drug-likeness (QED) is 0.600. The lowest BCUT2D eigenvalue weighted by atomic mass is 10.2. The van der Waals surface area contributed by atoms with Crippen molar-refractivity contribution in [3.8, 4) is 5.75 Å². The van der Waals surface area contributed by atoms with Gasteiger partial charge in [-0.05, 0) is 17.7 Å². The number of hydrogen-bond acceptors (Lipinski definition) is 4. The van der Waals surface area contributed by atoms with Gasteiger partial charge in [-0.15, -0.1) is 0 Å². The molecule has 1 aromatic carbocycles. The van der Waals surface area contributed by atoms with Crippen LogP contribution in [0.5, 0.6) is 5.75 Å². The van der Waals surface area contributed by atoms with Crippen molar-refractivity contribution in [2.24, 2.45) is 0 Å². The first-order valence-corrected chi connectivity index (χ1v) is 6.56. The van der Waals surface area contributed by atoms with Crippen LogP contribution in [0.15, 0.2) is 24.3 Å². The van der Waals surface area contributed by atoms with Gasteiger partial charge in [-0.3, -0.25) is 4.79 Å². The lowest BCUT2D eigenvalue weighted by Crippen LogP contribution is -2.42. The zero-order valence-corrected chi connectivity index (χ0v) is 12.3. The fourth-order valence-electron chi connectivity index (χ4n) is 1.50. The van der Waals surface area contributed by atoms with E-state index in [4.69, 9.17) is 9.47 Å². The summed E-state index contributed by atoms with van der Waals surface area (Å²) >= 11 is 0. The number of carbonyl (C=O) groups excluding carboxylic acids is 2. The number of benzene rings is 1. The highest BCUT2D eigenvalue weighted by Crippen LogP contribution is 2.10. The Morgan fingerprint density at radius 2 is 1.76 bits per heavy atom. The maximum atomic E-state index is 11.6. The molecule has 0 bridgehead atoms. The van der Waals surface area contributed by atoms with Crippen molar-refractivity contribution in [1.29, 1.82) is 0 Å². The van der Waals surface area contributed by atoms with Gasteiger partial charge in [0.25, 0.3) is 0 Å². The number of hydrogen-bond donors (Lipinski definition) is 3. The van der Waals surface area contributed by atoms with Gasteiger partial charge in [0.1, 0.15) is 5.75 Å². The Morgan fingerprint density at radius 3 is 2.38 bits per heavy atom.